The van der Waals surface area contributed by atoms with Crippen molar-refractivity contribution in [1.82, 2.24) is 15.1 Å². The van der Waals surface area contributed by atoms with Crippen molar-refractivity contribution < 1.29 is 4.52 Å². The summed E-state index contributed by atoms with van der Waals surface area (Å²) in [6.45, 7) is 8.62. The van der Waals surface area contributed by atoms with E-state index in [1.165, 1.54) is 60.7 Å². The number of rotatable bonds is 4. The number of fused-ring (bicyclic) bond motifs is 1. The Morgan fingerprint density at radius 3 is 2.57 bits per heavy atom. The van der Waals surface area contributed by atoms with Gasteiger partial charge in [0.1, 0.15) is 11.5 Å². The lowest BCUT2D eigenvalue weighted by atomic mass is 9.60. The SMILES string of the molecule is Cc1cc(C)c2cc(N3CCC4(CC3)CC(=Cc3c(-c5ccncc5C)noc3C3CC3)C4)ccc2n1. The minimum atomic E-state index is 0.456. The Morgan fingerprint density at radius 2 is 1.81 bits per heavy atom. The number of allylic oxidation sites excluding steroid dienone is 1. The van der Waals surface area contributed by atoms with E-state index in [0.717, 1.165) is 46.9 Å². The lowest BCUT2D eigenvalue weighted by Gasteiger charge is -2.50. The molecule has 3 aliphatic rings. The van der Waals surface area contributed by atoms with Crippen molar-refractivity contribution in [3.05, 3.63) is 76.4 Å². The fourth-order valence-corrected chi connectivity index (χ4v) is 6.58. The zero-order valence-electron chi connectivity index (χ0n) is 22.1. The first-order valence-corrected chi connectivity index (χ1v) is 13.7. The van der Waals surface area contributed by atoms with Crippen molar-refractivity contribution in [1.29, 1.82) is 0 Å². The number of piperidine rings is 1. The van der Waals surface area contributed by atoms with Gasteiger partial charge in [-0.15, -0.1) is 0 Å². The lowest BCUT2D eigenvalue weighted by molar-refractivity contribution is 0.155. The van der Waals surface area contributed by atoms with Crippen LogP contribution in [-0.2, 0) is 0 Å². The molecule has 37 heavy (non-hydrogen) atoms. The van der Waals surface area contributed by atoms with Crippen LogP contribution < -0.4 is 4.90 Å². The molecule has 1 saturated heterocycles. The molecule has 4 aromatic rings. The minimum absolute atomic E-state index is 0.456. The Kier molecular flexibility index (Phi) is 5.24. The number of anilines is 1. The smallest absolute Gasteiger partial charge is 0.147 e. The molecule has 0 amide bonds. The van der Waals surface area contributed by atoms with Crippen LogP contribution in [0, 0.1) is 26.2 Å². The predicted octanol–water partition coefficient (Wildman–Crippen LogP) is 7.55. The summed E-state index contributed by atoms with van der Waals surface area (Å²) in [5.74, 6) is 1.63. The van der Waals surface area contributed by atoms with Crippen LogP contribution in [-0.4, -0.2) is 28.2 Å². The van der Waals surface area contributed by atoms with E-state index in [2.05, 4.69) is 72.2 Å². The van der Waals surface area contributed by atoms with Gasteiger partial charge in [-0.3, -0.25) is 9.97 Å². The fraction of sp³-hybridized carbons (Fsp3) is 0.406. The highest BCUT2D eigenvalue weighted by Gasteiger charge is 2.43. The quantitative estimate of drug-likeness (QED) is 0.296. The summed E-state index contributed by atoms with van der Waals surface area (Å²) in [7, 11) is 0. The van der Waals surface area contributed by atoms with Crippen LogP contribution in [0.3, 0.4) is 0 Å². The Hall–Kier alpha value is -3.47. The normalized spacial score (nSPS) is 18.9. The van der Waals surface area contributed by atoms with Gasteiger partial charge in [0.2, 0.25) is 0 Å². The Morgan fingerprint density at radius 1 is 1.00 bits per heavy atom. The predicted molar refractivity (Wildman–Crippen MR) is 149 cm³/mol. The minimum Gasteiger partial charge on any atom is -0.371 e. The highest BCUT2D eigenvalue weighted by Crippen LogP contribution is 2.54. The first-order valence-electron chi connectivity index (χ1n) is 13.7. The van der Waals surface area contributed by atoms with Crippen LogP contribution in [0.25, 0.3) is 28.2 Å². The third kappa shape index (κ3) is 4.05. The molecule has 4 heterocycles. The van der Waals surface area contributed by atoms with Gasteiger partial charge in [-0.2, -0.15) is 0 Å². The molecule has 1 aromatic carbocycles. The molecule has 5 nitrogen and oxygen atoms in total. The van der Waals surface area contributed by atoms with Crippen LogP contribution in [0.1, 0.15) is 72.6 Å². The molecule has 5 heteroatoms. The number of pyridine rings is 2. The van der Waals surface area contributed by atoms with Gasteiger partial charge in [-0.25, -0.2) is 0 Å². The summed E-state index contributed by atoms with van der Waals surface area (Å²) in [4.78, 5) is 11.6. The van der Waals surface area contributed by atoms with Crippen LogP contribution >= 0.6 is 0 Å². The molecule has 2 aliphatic carbocycles. The molecule has 0 N–H and O–H groups in total. The molecule has 1 aliphatic heterocycles. The van der Waals surface area contributed by atoms with Gasteiger partial charge in [0.15, 0.2) is 0 Å². The highest BCUT2D eigenvalue weighted by atomic mass is 16.5. The number of aromatic nitrogens is 3. The maximum atomic E-state index is 5.92. The van der Waals surface area contributed by atoms with Crippen LogP contribution in [0.4, 0.5) is 5.69 Å². The molecule has 1 spiro atoms. The van der Waals surface area contributed by atoms with Crippen molar-refractivity contribution in [2.24, 2.45) is 5.41 Å². The molecule has 0 bridgehead atoms. The van der Waals surface area contributed by atoms with E-state index in [0.29, 0.717) is 11.3 Å². The standard InChI is InChI=1S/C32H34N4O/c1-20-14-22(3)34-29-7-6-25(16-27(20)29)36-12-9-32(10-13-36)17-23(18-32)15-28-30(26-8-11-33-19-21(26)2)35-37-31(28)24-4-5-24/h6-8,11,14-16,19,24H,4-5,9-10,12-13,17-18H2,1-3H3. The number of benzene rings is 1. The van der Waals surface area contributed by atoms with Crippen LogP contribution in [0.15, 0.2) is 52.8 Å². The molecule has 2 saturated carbocycles. The second-order valence-corrected chi connectivity index (χ2v) is 11.7. The lowest BCUT2D eigenvalue weighted by Crippen LogP contribution is -2.44. The Labute approximate surface area is 218 Å². The average Bonchev–Trinajstić information content (AvgIpc) is 3.64. The summed E-state index contributed by atoms with van der Waals surface area (Å²) in [5, 5.41) is 5.82. The highest BCUT2D eigenvalue weighted by molar-refractivity contribution is 5.86. The van der Waals surface area contributed by atoms with E-state index in [1.54, 1.807) is 5.57 Å². The maximum absolute atomic E-state index is 5.92. The number of hydrogen-bond donors (Lipinski definition) is 0. The molecule has 3 aromatic heterocycles. The van der Waals surface area contributed by atoms with Crippen LogP contribution in [0.5, 0.6) is 0 Å². The van der Waals surface area contributed by atoms with E-state index in [4.69, 9.17) is 9.51 Å². The Balaban J connectivity index is 1.08. The zero-order valence-corrected chi connectivity index (χ0v) is 22.1. The molecule has 3 fully saturated rings. The topological polar surface area (TPSA) is 55.1 Å². The number of hydrogen-bond acceptors (Lipinski definition) is 5. The second kappa shape index (κ2) is 8.54. The van der Waals surface area contributed by atoms with Crippen molar-refractivity contribution >= 4 is 22.7 Å². The summed E-state index contributed by atoms with van der Waals surface area (Å²) < 4.78 is 5.92. The van der Waals surface area contributed by atoms with Crippen molar-refractivity contribution in [3.8, 4) is 11.3 Å². The molecule has 0 atom stereocenters. The summed E-state index contributed by atoms with van der Waals surface area (Å²) in [5.41, 5.74) is 11.3. The third-order valence-electron chi connectivity index (χ3n) is 8.85. The molecule has 188 valence electrons. The van der Waals surface area contributed by atoms with Crippen molar-refractivity contribution in [3.63, 3.8) is 0 Å². The summed E-state index contributed by atoms with van der Waals surface area (Å²) >= 11 is 0. The zero-order chi connectivity index (χ0) is 25.1. The van der Waals surface area contributed by atoms with Gasteiger partial charge < -0.3 is 9.42 Å². The van der Waals surface area contributed by atoms with Gasteiger partial charge in [0, 0.05) is 59.3 Å². The summed E-state index contributed by atoms with van der Waals surface area (Å²) in [6.07, 6.45) is 13.5. The molecule has 7 rings (SSSR count). The molecular weight excluding hydrogens is 456 g/mol. The first kappa shape index (κ1) is 22.7. The van der Waals surface area contributed by atoms with E-state index in [-0.39, 0.29) is 0 Å². The number of nitrogens with zero attached hydrogens (tertiary/aromatic N) is 4. The third-order valence-corrected chi connectivity index (χ3v) is 8.85. The largest absolute Gasteiger partial charge is 0.371 e. The second-order valence-electron chi connectivity index (χ2n) is 11.7. The van der Waals surface area contributed by atoms with Gasteiger partial charge in [-0.05, 0) is 112 Å². The average molecular weight is 491 g/mol. The fourth-order valence-electron chi connectivity index (χ4n) is 6.58. The molecule has 0 unspecified atom stereocenters. The van der Waals surface area contributed by atoms with E-state index >= 15 is 0 Å². The van der Waals surface area contributed by atoms with Crippen molar-refractivity contribution in [2.45, 2.75) is 65.2 Å². The van der Waals surface area contributed by atoms with Gasteiger partial charge in [0.05, 0.1) is 5.52 Å². The van der Waals surface area contributed by atoms with Crippen molar-refractivity contribution in [2.75, 3.05) is 18.0 Å². The van der Waals surface area contributed by atoms with Gasteiger partial charge in [-0.1, -0.05) is 10.7 Å². The monoisotopic (exact) mass is 490 g/mol. The Bertz CT molecular complexity index is 1530. The maximum Gasteiger partial charge on any atom is 0.147 e. The number of aryl methyl sites for hydroxylation is 3. The molecule has 0 radical (unpaired) electrons. The molecular formula is C32H34N4O. The van der Waals surface area contributed by atoms with E-state index < -0.39 is 0 Å². The van der Waals surface area contributed by atoms with E-state index in [1.807, 2.05) is 12.4 Å². The van der Waals surface area contributed by atoms with Gasteiger partial charge >= 0.3 is 0 Å². The van der Waals surface area contributed by atoms with E-state index in [9.17, 15) is 0 Å². The first-order chi connectivity index (χ1) is 18.0. The van der Waals surface area contributed by atoms with Crippen LogP contribution in [0.2, 0.25) is 0 Å². The summed E-state index contributed by atoms with van der Waals surface area (Å²) in [6, 6.07) is 11.0. The van der Waals surface area contributed by atoms with Gasteiger partial charge in [0.25, 0.3) is 0 Å².